The molecule has 0 radical (unpaired) electrons. The number of hydrogen-bond donors (Lipinski definition) is 0. The quantitative estimate of drug-likeness (QED) is 0.134. The zero-order chi connectivity index (χ0) is 51.8. The number of nitrogens with zero attached hydrogens (tertiary/aromatic N) is 2. The van der Waals surface area contributed by atoms with Gasteiger partial charge in [0.15, 0.2) is 5.58 Å². The topological polar surface area (TPSA) is 32.8 Å². The van der Waals surface area contributed by atoms with Gasteiger partial charge in [-0.3, -0.25) is 0 Å². The van der Waals surface area contributed by atoms with Crippen LogP contribution in [0.1, 0.15) is 129 Å². The molecule has 8 rings (SSSR count). The molecule has 0 N–H and O–H groups in total. The third kappa shape index (κ3) is 11.5. The van der Waals surface area contributed by atoms with Crippen LogP contribution in [0.15, 0.2) is 240 Å². The van der Waals surface area contributed by atoms with Crippen molar-refractivity contribution in [2.45, 2.75) is 115 Å². The van der Waals surface area contributed by atoms with Gasteiger partial charge in [-0.25, -0.2) is 0 Å². The molecule has 2 unspecified atom stereocenters. The summed E-state index contributed by atoms with van der Waals surface area (Å²) in [5.74, 6) is 2.19. The van der Waals surface area contributed by atoms with Crippen LogP contribution in [0.2, 0.25) is 0 Å². The number of para-hydroxylation sites is 1. The lowest BCUT2D eigenvalue weighted by molar-refractivity contribution is 0.436. The molecule has 1 aromatic carbocycles. The maximum Gasteiger partial charge on any atom is 0.158 e. The molecule has 0 saturated carbocycles. The first-order chi connectivity index (χ1) is 35.3. The van der Waals surface area contributed by atoms with Crippen LogP contribution in [0.5, 0.6) is 0 Å². The molecule has 2 heterocycles. The molecule has 3 bridgehead atoms. The molecule has 73 heavy (non-hydrogen) atoms. The van der Waals surface area contributed by atoms with Crippen molar-refractivity contribution in [1.82, 2.24) is 4.90 Å². The molecule has 374 valence electrons. The van der Waals surface area contributed by atoms with Gasteiger partial charge in [-0.15, -0.1) is 0 Å². The van der Waals surface area contributed by atoms with Gasteiger partial charge in [0.05, 0.1) is 12.0 Å². The highest BCUT2D eigenvalue weighted by atomic mass is 16.3. The zero-order valence-electron chi connectivity index (χ0n) is 45.4. The predicted molar refractivity (Wildman–Crippen MR) is 314 cm³/mol. The highest BCUT2D eigenvalue weighted by Gasteiger charge is 2.35. The first-order valence-electron chi connectivity index (χ1n) is 26.5. The largest absolute Gasteiger partial charge is 0.468 e. The highest BCUT2D eigenvalue weighted by Crippen LogP contribution is 2.48. The molecule has 3 aromatic rings. The van der Waals surface area contributed by atoms with Crippen molar-refractivity contribution >= 4 is 34.9 Å². The standard InChI is InChI=1S/C69H76N2O2/c1-13-17-18-27-61-51(11)72-45-57(61)25-19-20-38-70(60-40-47(7)39-54(15-3)50(10)42-60)65-37-33-53-32-36-64-66(30-22-26-55-34-35-56(65)44-58(43-53)68(55)64)71(59(16-4)41-49(9)48(8)14-2)67-31-23-29-63-62(28-21-24-46(5)6)52(12)73-69(63)67/h13,16-29,31-38,40-42,45,56,58H,4,14-15,30,39,43-44H2,1-3,5-12H3/b17-13+,25-19-,27-18-,28-21-,38-20+,49-48-,53-33-,59-41+,65-37+. The molecule has 2 atom stereocenters. The van der Waals surface area contributed by atoms with Gasteiger partial charge >= 0.3 is 0 Å². The summed E-state index contributed by atoms with van der Waals surface area (Å²) in [7, 11) is 0. The molecule has 0 spiro atoms. The fourth-order valence-electron chi connectivity index (χ4n) is 10.8. The van der Waals surface area contributed by atoms with Gasteiger partial charge in [-0.1, -0.05) is 158 Å². The van der Waals surface area contributed by atoms with Gasteiger partial charge in [0.1, 0.15) is 11.5 Å². The number of rotatable bonds is 16. The molecule has 5 aliphatic rings. The summed E-state index contributed by atoms with van der Waals surface area (Å²) in [6.07, 6.45) is 59.3. The van der Waals surface area contributed by atoms with Crippen LogP contribution in [-0.2, 0) is 0 Å². The summed E-state index contributed by atoms with van der Waals surface area (Å²) in [5.41, 5.74) is 23.1. The van der Waals surface area contributed by atoms with Crippen molar-refractivity contribution in [3.8, 4) is 0 Å². The molecule has 4 nitrogen and oxygen atoms in total. The van der Waals surface area contributed by atoms with E-state index >= 15 is 0 Å². The number of aryl methyl sites for hydroxylation is 2. The van der Waals surface area contributed by atoms with Crippen LogP contribution in [0.3, 0.4) is 0 Å². The molecule has 0 saturated heterocycles. The first kappa shape index (κ1) is 52.0. The van der Waals surface area contributed by atoms with Crippen LogP contribution < -0.4 is 4.90 Å². The maximum absolute atomic E-state index is 6.85. The smallest absolute Gasteiger partial charge is 0.158 e. The monoisotopic (exact) mass is 965 g/mol. The average molecular weight is 965 g/mol. The van der Waals surface area contributed by atoms with Crippen molar-refractivity contribution in [3.63, 3.8) is 0 Å². The summed E-state index contributed by atoms with van der Waals surface area (Å²) in [4.78, 5) is 4.91. The van der Waals surface area contributed by atoms with E-state index in [4.69, 9.17) is 8.83 Å². The van der Waals surface area contributed by atoms with Crippen LogP contribution >= 0.6 is 0 Å². The summed E-state index contributed by atoms with van der Waals surface area (Å²) in [6, 6.07) is 6.59. The molecule has 0 fully saturated rings. The SMILES string of the molecule is C=C/C(=C\C(C)=C(\C)CC)N(C1=C2C=C/C3=C/C=C(/N(/C=C/C=C\c4coc(C)c4/C=C\C=C\C)C4=CC(C)=C(CC)CC(C)=C4)C4C=CC(=C2C(C3)C4)C=CC1)c1cccc2c(/C=C\C=C(C)C)c(C)oc12. The number of fused-ring (bicyclic) bond motifs is 3. The van der Waals surface area contributed by atoms with E-state index in [0.717, 1.165) is 89.1 Å². The van der Waals surface area contributed by atoms with E-state index in [1.54, 1.807) is 0 Å². The molecular weight excluding hydrogens is 889 g/mol. The van der Waals surface area contributed by atoms with Gasteiger partial charge in [-0.2, -0.15) is 0 Å². The Labute approximate surface area is 437 Å². The third-order valence-electron chi connectivity index (χ3n) is 15.0. The number of hydrogen-bond acceptors (Lipinski definition) is 4. The van der Waals surface area contributed by atoms with Crippen molar-refractivity contribution in [3.05, 3.63) is 259 Å². The van der Waals surface area contributed by atoms with Gasteiger partial charge in [0.2, 0.25) is 0 Å². The first-order valence-corrected chi connectivity index (χ1v) is 26.5. The van der Waals surface area contributed by atoms with Gasteiger partial charge in [-0.05, 0) is 171 Å². The van der Waals surface area contributed by atoms with Gasteiger partial charge < -0.3 is 18.6 Å². The van der Waals surface area contributed by atoms with Crippen LogP contribution in [0.4, 0.5) is 5.69 Å². The normalized spacial score (nSPS) is 21.1. The second kappa shape index (κ2) is 23.5. The lowest BCUT2D eigenvalue weighted by Gasteiger charge is -2.34. The van der Waals surface area contributed by atoms with E-state index in [2.05, 4.69) is 219 Å². The van der Waals surface area contributed by atoms with Crippen LogP contribution in [-0.4, -0.2) is 4.90 Å². The lowest BCUT2D eigenvalue weighted by Crippen LogP contribution is -2.25. The fraction of sp³-hybridized carbons (Fsp3) is 0.275. The third-order valence-corrected chi connectivity index (χ3v) is 15.0. The number of allylic oxidation sites excluding steroid dienone is 29. The summed E-state index contributed by atoms with van der Waals surface area (Å²) < 4.78 is 12.7. The van der Waals surface area contributed by atoms with Gasteiger partial charge in [0.25, 0.3) is 0 Å². The Morgan fingerprint density at radius 1 is 0.863 bits per heavy atom. The van der Waals surface area contributed by atoms with Gasteiger partial charge in [0, 0.05) is 63.4 Å². The minimum Gasteiger partial charge on any atom is -0.468 e. The predicted octanol–water partition coefficient (Wildman–Crippen LogP) is 19.8. The number of anilines is 1. The molecule has 5 aliphatic carbocycles. The Morgan fingerprint density at radius 2 is 1.67 bits per heavy atom. The van der Waals surface area contributed by atoms with Crippen molar-refractivity contribution in [1.29, 1.82) is 0 Å². The average Bonchev–Trinajstić information content (AvgIpc) is 3.56. The minimum absolute atomic E-state index is 0.134. The molecule has 4 heteroatoms. The fourth-order valence-corrected chi connectivity index (χ4v) is 10.8. The Bertz CT molecular complexity index is 3240. The van der Waals surface area contributed by atoms with E-state index in [-0.39, 0.29) is 11.8 Å². The van der Waals surface area contributed by atoms with E-state index in [1.165, 1.54) is 72.8 Å². The zero-order valence-corrected chi connectivity index (χ0v) is 45.4. The number of benzene rings is 1. The molecule has 0 amide bonds. The molecule has 2 aromatic heterocycles. The van der Waals surface area contributed by atoms with Crippen molar-refractivity contribution in [2.75, 3.05) is 4.90 Å². The minimum atomic E-state index is 0.134. The summed E-state index contributed by atoms with van der Waals surface area (Å²) in [6.45, 7) is 28.4. The molecule has 0 aliphatic heterocycles. The van der Waals surface area contributed by atoms with E-state index < -0.39 is 0 Å². The Hall–Kier alpha value is -7.30. The second-order valence-corrected chi connectivity index (χ2v) is 20.4. The second-order valence-electron chi connectivity index (χ2n) is 20.4. The van der Waals surface area contributed by atoms with Crippen molar-refractivity contribution < 1.29 is 8.83 Å². The summed E-state index contributed by atoms with van der Waals surface area (Å²) in [5, 5.41) is 1.09. The highest BCUT2D eigenvalue weighted by molar-refractivity contribution is 5.98. The molecular formula is C69H76N2O2. The Kier molecular flexibility index (Phi) is 16.8. The van der Waals surface area contributed by atoms with E-state index in [1.807, 2.05) is 38.3 Å². The van der Waals surface area contributed by atoms with Crippen LogP contribution in [0, 0.1) is 25.7 Å². The van der Waals surface area contributed by atoms with E-state index in [9.17, 15) is 0 Å². The number of furan rings is 2. The summed E-state index contributed by atoms with van der Waals surface area (Å²) >= 11 is 0. The lowest BCUT2D eigenvalue weighted by atomic mass is 9.80. The Balaban J connectivity index is 1.29. The van der Waals surface area contributed by atoms with E-state index in [0.29, 0.717) is 0 Å². The van der Waals surface area contributed by atoms with Crippen LogP contribution in [0.25, 0.3) is 29.2 Å². The maximum atomic E-state index is 6.85. The Morgan fingerprint density at radius 3 is 2.44 bits per heavy atom. The van der Waals surface area contributed by atoms with Crippen molar-refractivity contribution in [2.24, 2.45) is 11.8 Å².